The van der Waals surface area contributed by atoms with E-state index in [1.54, 1.807) is 11.6 Å². The molecule has 8 heteroatoms. The molecule has 0 fully saturated rings. The van der Waals surface area contributed by atoms with Crippen LogP contribution in [0.25, 0.3) is 0 Å². The van der Waals surface area contributed by atoms with Gasteiger partial charge in [0.2, 0.25) is 0 Å². The highest BCUT2D eigenvalue weighted by atomic mass is 32.1. The van der Waals surface area contributed by atoms with E-state index in [2.05, 4.69) is 27.0 Å². The summed E-state index contributed by atoms with van der Waals surface area (Å²) in [5.74, 6) is 0. The summed E-state index contributed by atoms with van der Waals surface area (Å²) in [4.78, 5) is 17.0. The number of hydrogen-bond donors (Lipinski definition) is 3. The van der Waals surface area contributed by atoms with E-state index in [-0.39, 0.29) is 6.03 Å². The minimum Gasteiger partial charge on any atom is -0.312 e. The number of aromatic nitrogens is 1. The molecule has 3 heterocycles. The first-order chi connectivity index (χ1) is 9.78. The molecule has 6 nitrogen and oxygen atoms in total. The number of hydrogen-bond acceptors (Lipinski definition) is 6. The highest BCUT2D eigenvalue weighted by Crippen LogP contribution is 2.34. The first-order valence-electron chi connectivity index (χ1n) is 6.01. The fourth-order valence-electron chi connectivity index (χ4n) is 2.06. The topological polar surface area (TPSA) is 89.8 Å². The Morgan fingerprint density at radius 1 is 1.50 bits per heavy atom. The number of thiophene rings is 1. The lowest BCUT2D eigenvalue weighted by molar-refractivity contribution is 0.262. The van der Waals surface area contributed by atoms with E-state index in [4.69, 9.17) is 0 Å². The third-order valence-corrected chi connectivity index (χ3v) is 4.76. The van der Waals surface area contributed by atoms with Crippen molar-refractivity contribution in [3.05, 3.63) is 27.6 Å². The van der Waals surface area contributed by atoms with Crippen molar-refractivity contribution in [2.24, 2.45) is 0 Å². The third-order valence-electron chi connectivity index (χ3n) is 2.92. The second-order valence-corrected chi connectivity index (χ2v) is 6.16. The zero-order valence-corrected chi connectivity index (χ0v) is 12.0. The van der Waals surface area contributed by atoms with Crippen molar-refractivity contribution in [2.75, 3.05) is 17.2 Å². The van der Waals surface area contributed by atoms with Crippen molar-refractivity contribution >= 4 is 38.8 Å². The monoisotopic (exact) mass is 305 g/mol. The average Bonchev–Trinajstić information content (AvgIpc) is 3.05. The number of anilines is 2. The lowest BCUT2D eigenvalue weighted by atomic mass is 10.1. The largest absolute Gasteiger partial charge is 0.326 e. The van der Waals surface area contributed by atoms with Crippen molar-refractivity contribution in [1.82, 2.24) is 10.3 Å². The van der Waals surface area contributed by atoms with Gasteiger partial charge in [0.05, 0.1) is 5.56 Å². The van der Waals surface area contributed by atoms with Crippen LogP contribution in [0.1, 0.15) is 16.0 Å². The van der Waals surface area contributed by atoms with Crippen molar-refractivity contribution in [1.29, 1.82) is 5.26 Å². The van der Waals surface area contributed by atoms with Crippen LogP contribution in [-0.4, -0.2) is 17.6 Å². The molecule has 0 aliphatic carbocycles. The van der Waals surface area contributed by atoms with Crippen molar-refractivity contribution < 1.29 is 4.79 Å². The Bertz CT molecular complexity index is 671. The van der Waals surface area contributed by atoms with Crippen molar-refractivity contribution in [2.45, 2.75) is 13.0 Å². The summed E-state index contributed by atoms with van der Waals surface area (Å²) in [5.41, 5.74) is 1.64. The molecule has 3 N–H and O–H groups in total. The predicted molar refractivity (Wildman–Crippen MR) is 79.2 cm³/mol. The van der Waals surface area contributed by atoms with E-state index in [0.29, 0.717) is 15.7 Å². The minimum atomic E-state index is -0.372. The maximum atomic E-state index is 11.9. The second kappa shape index (κ2) is 5.58. The maximum Gasteiger partial charge on any atom is 0.326 e. The summed E-state index contributed by atoms with van der Waals surface area (Å²) in [6, 6.07) is 1.82. The predicted octanol–water partition coefficient (Wildman–Crippen LogP) is 2.37. The summed E-state index contributed by atoms with van der Waals surface area (Å²) in [7, 11) is 0. The number of rotatable bonds is 2. The molecule has 0 bridgehead atoms. The molecule has 3 rings (SSSR count). The van der Waals surface area contributed by atoms with Crippen LogP contribution in [0.3, 0.4) is 0 Å². The first kappa shape index (κ1) is 13.1. The fraction of sp³-hybridized carbons (Fsp3) is 0.250. The maximum absolute atomic E-state index is 11.9. The van der Waals surface area contributed by atoms with Crippen LogP contribution < -0.4 is 16.0 Å². The SMILES string of the molecule is N#Cc1c(NC(=O)Nc2nccs2)sc2c1CCNC2. The van der Waals surface area contributed by atoms with Gasteiger partial charge in [-0.05, 0) is 18.5 Å². The number of nitrogens with one attached hydrogen (secondary N) is 3. The number of fused-ring (bicyclic) bond motifs is 1. The van der Waals surface area contributed by atoms with Gasteiger partial charge in [-0.2, -0.15) is 5.26 Å². The van der Waals surface area contributed by atoms with Crippen LogP contribution in [0.2, 0.25) is 0 Å². The van der Waals surface area contributed by atoms with Crippen LogP contribution >= 0.6 is 22.7 Å². The molecule has 0 spiro atoms. The molecular weight excluding hydrogens is 294 g/mol. The fourth-order valence-corrected chi connectivity index (χ4v) is 3.74. The lowest BCUT2D eigenvalue weighted by Gasteiger charge is -2.11. The quantitative estimate of drug-likeness (QED) is 0.794. The van der Waals surface area contributed by atoms with Gasteiger partial charge in [-0.15, -0.1) is 22.7 Å². The molecular formula is C12H11N5OS2. The number of nitriles is 1. The van der Waals surface area contributed by atoms with Gasteiger partial charge in [-0.3, -0.25) is 10.6 Å². The van der Waals surface area contributed by atoms with Gasteiger partial charge in [0.25, 0.3) is 0 Å². The third kappa shape index (κ3) is 2.51. The van der Waals surface area contributed by atoms with Gasteiger partial charge in [0.15, 0.2) is 5.13 Å². The Morgan fingerprint density at radius 2 is 2.40 bits per heavy atom. The number of thiazole rings is 1. The van der Waals surface area contributed by atoms with Gasteiger partial charge in [-0.25, -0.2) is 9.78 Å². The Hall–Kier alpha value is -1.95. The van der Waals surface area contributed by atoms with Gasteiger partial charge in [0.1, 0.15) is 11.1 Å². The molecule has 20 heavy (non-hydrogen) atoms. The van der Waals surface area contributed by atoms with Crippen molar-refractivity contribution in [3.8, 4) is 6.07 Å². The van der Waals surface area contributed by atoms with Crippen LogP contribution in [0.4, 0.5) is 14.9 Å². The zero-order valence-electron chi connectivity index (χ0n) is 10.4. The molecule has 102 valence electrons. The standard InChI is InChI=1S/C12H11N5OS2/c13-5-8-7-1-2-14-6-9(7)20-10(8)16-11(18)17-12-15-3-4-19-12/h3-4,14H,1-2,6H2,(H2,15,16,17,18). The molecule has 2 aromatic rings. The second-order valence-electron chi connectivity index (χ2n) is 4.16. The molecule has 0 aromatic carbocycles. The zero-order chi connectivity index (χ0) is 13.9. The van der Waals surface area contributed by atoms with E-state index in [1.807, 2.05) is 0 Å². The van der Waals surface area contributed by atoms with Crippen LogP contribution in [0, 0.1) is 11.3 Å². The summed E-state index contributed by atoms with van der Waals surface area (Å²) in [6.45, 7) is 1.62. The average molecular weight is 305 g/mol. The number of urea groups is 1. The molecule has 2 aromatic heterocycles. The molecule has 0 saturated carbocycles. The van der Waals surface area contributed by atoms with Crippen molar-refractivity contribution in [3.63, 3.8) is 0 Å². The van der Waals surface area contributed by atoms with Gasteiger partial charge in [-0.1, -0.05) is 0 Å². The van der Waals surface area contributed by atoms with E-state index < -0.39 is 0 Å². The summed E-state index contributed by atoms with van der Waals surface area (Å²) in [6.07, 6.45) is 2.45. The number of carbonyl (C=O) groups excluding carboxylic acids is 1. The lowest BCUT2D eigenvalue weighted by Crippen LogP contribution is -2.22. The summed E-state index contributed by atoms with van der Waals surface area (Å²) < 4.78 is 0. The van der Waals surface area contributed by atoms with Crippen LogP contribution in [0.15, 0.2) is 11.6 Å². The van der Waals surface area contributed by atoms with Gasteiger partial charge >= 0.3 is 6.03 Å². The molecule has 2 amide bonds. The normalized spacial score (nSPS) is 13.3. The van der Waals surface area contributed by atoms with E-state index >= 15 is 0 Å². The smallest absolute Gasteiger partial charge is 0.312 e. The Kier molecular flexibility index (Phi) is 3.64. The van der Waals surface area contributed by atoms with E-state index in [9.17, 15) is 10.1 Å². The highest BCUT2D eigenvalue weighted by Gasteiger charge is 2.21. The first-order valence-corrected chi connectivity index (χ1v) is 7.70. The Balaban J connectivity index is 1.79. The molecule has 0 radical (unpaired) electrons. The van der Waals surface area contributed by atoms with Crippen LogP contribution in [0.5, 0.6) is 0 Å². The molecule has 1 aliphatic heterocycles. The number of amides is 2. The van der Waals surface area contributed by atoms with Crippen LogP contribution in [-0.2, 0) is 13.0 Å². The molecule has 0 saturated heterocycles. The summed E-state index contributed by atoms with van der Waals surface area (Å²) >= 11 is 2.80. The van der Waals surface area contributed by atoms with E-state index in [0.717, 1.165) is 30.0 Å². The van der Waals surface area contributed by atoms with E-state index in [1.165, 1.54) is 22.7 Å². The highest BCUT2D eigenvalue weighted by molar-refractivity contribution is 7.16. The Morgan fingerprint density at radius 3 is 3.15 bits per heavy atom. The summed E-state index contributed by atoms with van der Waals surface area (Å²) in [5, 5.41) is 20.9. The molecule has 0 unspecified atom stereocenters. The Labute approximate surface area is 123 Å². The number of carbonyl (C=O) groups is 1. The minimum absolute atomic E-state index is 0.372. The molecule has 0 atom stereocenters. The molecule has 1 aliphatic rings. The van der Waals surface area contributed by atoms with Gasteiger partial charge < -0.3 is 5.32 Å². The van der Waals surface area contributed by atoms with Gasteiger partial charge in [0, 0.05) is 23.0 Å². The number of nitrogens with zero attached hydrogens (tertiary/aromatic N) is 2.